The number of ether oxygens (including phenoxy) is 2. The fourth-order valence-corrected chi connectivity index (χ4v) is 3.40. The van der Waals surface area contributed by atoms with E-state index < -0.39 is 5.97 Å². The number of amides is 1. The number of hydrogen-bond donors (Lipinski definition) is 1. The number of hydrogen-bond acceptors (Lipinski definition) is 5. The summed E-state index contributed by atoms with van der Waals surface area (Å²) in [5, 5.41) is 2.69. The Morgan fingerprint density at radius 3 is 2.87 bits per heavy atom. The van der Waals surface area contributed by atoms with E-state index in [1.165, 1.54) is 0 Å². The van der Waals surface area contributed by atoms with Crippen LogP contribution in [0.5, 0.6) is 0 Å². The lowest BCUT2D eigenvalue weighted by Crippen LogP contribution is -2.34. The molecule has 0 aromatic heterocycles. The van der Waals surface area contributed by atoms with Gasteiger partial charge in [-0.15, -0.1) is 11.8 Å². The van der Waals surface area contributed by atoms with E-state index in [4.69, 9.17) is 9.47 Å². The summed E-state index contributed by atoms with van der Waals surface area (Å²) in [6.45, 7) is 4.27. The van der Waals surface area contributed by atoms with Crippen LogP contribution in [0.4, 0.5) is 0 Å². The third kappa shape index (κ3) is 5.88. The molecule has 126 valence electrons. The predicted molar refractivity (Wildman–Crippen MR) is 89.7 cm³/mol. The Kier molecular flexibility index (Phi) is 6.92. The molecule has 6 heteroatoms. The summed E-state index contributed by atoms with van der Waals surface area (Å²) in [7, 11) is 0. The highest BCUT2D eigenvalue weighted by atomic mass is 32.2. The van der Waals surface area contributed by atoms with Crippen LogP contribution < -0.4 is 5.32 Å². The minimum atomic E-state index is -0.473. The lowest BCUT2D eigenvalue weighted by molar-refractivity contribution is -0.124. The molecule has 5 nitrogen and oxygen atoms in total. The van der Waals surface area contributed by atoms with Gasteiger partial charge in [-0.25, -0.2) is 4.79 Å². The van der Waals surface area contributed by atoms with Gasteiger partial charge < -0.3 is 14.8 Å². The summed E-state index contributed by atoms with van der Waals surface area (Å²) in [4.78, 5) is 24.6. The number of nitrogens with one attached hydrogen (secondary N) is 1. The zero-order chi connectivity index (χ0) is 16.7. The summed E-state index contributed by atoms with van der Waals surface area (Å²) in [6, 6.07) is 7.32. The molecule has 0 unspecified atom stereocenters. The average Bonchev–Trinajstić information content (AvgIpc) is 3.03. The van der Waals surface area contributed by atoms with Crippen molar-refractivity contribution in [2.75, 3.05) is 19.0 Å². The van der Waals surface area contributed by atoms with Crippen molar-refractivity contribution in [2.24, 2.45) is 0 Å². The molecule has 1 atom stereocenters. The van der Waals surface area contributed by atoms with E-state index in [1.54, 1.807) is 23.9 Å². The average molecular weight is 337 g/mol. The normalized spacial score (nSPS) is 17.3. The molecule has 0 saturated carbocycles. The second-order valence-corrected chi connectivity index (χ2v) is 6.80. The highest BCUT2D eigenvalue weighted by Gasteiger charge is 2.19. The van der Waals surface area contributed by atoms with Crippen LogP contribution in [0, 0.1) is 0 Å². The van der Waals surface area contributed by atoms with Gasteiger partial charge in [0.1, 0.15) is 0 Å². The lowest BCUT2D eigenvalue weighted by atomic mass is 10.2. The molecule has 0 aliphatic carbocycles. The van der Waals surface area contributed by atoms with E-state index in [2.05, 4.69) is 5.32 Å². The van der Waals surface area contributed by atoms with E-state index in [0.717, 1.165) is 30.1 Å². The molecule has 0 bridgehead atoms. The third-order valence-corrected chi connectivity index (χ3v) is 4.55. The molecule has 1 aromatic carbocycles. The summed E-state index contributed by atoms with van der Waals surface area (Å²) in [5.41, 5.74) is 0.493. The van der Waals surface area contributed by atoms with Gasteiger partial charge in [0.2, 0.25) is 0 Å². The maximum Gasteiger partial charge on any atom is 0.339 e. The first kappa shape index (κ1) is 17.8. The van der Waals surface area contributed by atoms with Gasteiger partial charge >= 0.3 is 5.97 Å². The molecular weight excluding hydrogens is 314 g/mol. The fraction of sp³-hybridized carbons (Fsp3) is 0.529. The molecule has 23 heavy (non-hydrogen) atoms. The van der Waals surface area contributed by atoms with Gasteiger partial charge in [-0.05, 0) is 38.8 Å². The van der Waals surface area contributed by atoms with Crippen LogP contribution in [0.15, 0.2) is 29.2 Å². The molecule has 1 aliphatic rings. The van der Waals surface area contributed by atoms with E-state index in [1.807, 2.05) is 26.0 Å². The third-order valence-electron chi connectivity index (χ3n) is 3.34. The number of carbonyl (C=O) groups is 2. The highest BCUT2D eigenvalue weighted by Crippen LogP contribution is 2.27. The monoisotopic (exact) mass is 337 g/mol. The number of rotatable bonds is 7. The zero-order valence-electron chi connectivity index (χ0n) is 13.5. The van der Waals surface area contributed by atoms with E-state index >= 15 is 0 Å². The summed E-state index contributed by atoms with van der Waals surface area (Å²) in [6.07, 6.45) is 2.41. The Morgan fingerprint density at radius 2 is 2.17 bits per heavy atom. The van der Waals surface area contributed by atoms with E-state index in [9.17, 15) is 9.59 Å². The van der Waals surface area contributed by atoms with Crippen molar-refractivity contribution < 1.29 is 19.1 Å². The molecule has 0 spiro atoms. The Labute approximate surface area is 141 Å². The molecule has 1 heterocycles. The van der Waals surface area contributed by atoms with Crippen molar-refractivity contribution in [2.45, 2.75) is 43.7 Å². The van der Waals surface area contributed by atoms with Crippen LogP contribution >= 0.6 is 11.8 Å². The smallest absolute Gasteiger partial charge is 0.339 e. The molecule has 2 rings (SSSR count). The number of carbonyl (C=O) groups excluding carboxylic acids is 2. The summed E-state index contributed by atoms with van der Waals surface area (Å²) < 4.78 is 10.7. The van der Waals surface area contributed by atoms with Gasteiger partial charge in [0.15, 0.2) is 6.61 Å². The van der Waals surface area contributed by atoms with Gasteiger partial charge in [0.05, 0.1) is 11.7 Å². The largest absolute Gasteiger partial charge is 0.452 e. The molecule has 1 N–H and O–H groups in total. The second kappa shape index (κ2) is 8.93. The lowest BCUT2D eigenvalue weighted by Gasteiger charge is -2.12. The molecule has 0 radical (unpaired) electrons. The minimum absolute atomic E-state index is 0.0236. The van der Waals surface area contributed by atoms with Crippen molar-refractivity contribution >= 4 is 23.6 Å². The van der Waals surface area contributed by atoms with Crippen molar-refractivity contribution in [3.05, 3.63) is 29.8 Å². The quantitative estimate of drug-likeness (QED) is 0.612. The van der Waals surface area contributed by atoms with Crippen LogP contribution in [-0.2, 0) is 14.3 Å². The topological polar surface area (TPSA) is 64.6 Å². The van der Waals surface area contributed by atoms with Crippen molar-refractivity contribution in [1.82, 2.24) is 5.32 Å². The molecule has 1 aromatic rings. The standard InChI is InChI=1S/C17H23NO4S/c1-12(2)18-16(19)10-22-17(20)14-7-3-4-8-15(14)23-11-13-6-5-9-21-13/h3-4,7-8,12-13H,5-6,9-11H2,1-2H3,(H,18,19)/t13-/m1/s1. The van der Waals surface area contributed by atoms with Gasteiger partial charge in [0, 0.05) is 23.3 Å². The number of esters is 1. The first-order chi connectivity index (χ1) is 11.1. The molecule has 1 aliphatic heterocycles. The van der Waals surface area contributed by atoms with Gasteiger partial charge in [-0.3, -0.25) is 4.79 Å². The second-order valence-electron chi connectivity index (χ2n) is 5.74. The number of thioether (sulfide) groups is 1. The van der Waals surface area contributed by atoms with Crippen LogP contribution in [0.25, 0.3) is 0 Å². The molecule has 1 saturated heterocycles. The first-order valence-corrected chi connectivity index (χ1v) is 8.84. The SMILES string of the molecule is CC(C)NC(=O)COC(=O)c1ccccc1SC[C@H]1CCCO1. The molecular formula is C17H23NO4S. The molecule has 1 amide bonds. The van der Waals surface area contributed by atoms with Crippen molar-refractivity contribution in [1.29, 1.82) is 0 Å². The van der Waals surface area contributed by atoms with E-state index in [-0.39, 0.29) is 24.7 Å². The van der Waals surface area contributed by atoms with Crippen LogP contribution in [0.1, 0.15) is 37.0 Å². The van der Waals surface area contributed by atoms with Gasteiger partial charge in [-0.2, -0.15) is 0 Å². The van der Waals surface area contributed by atoms with Gasteiger partial charge in [-0.1, -0.05) is 12.1 Å². The van der Waals surface area contributed by atoms with Crippen molar-refractivity contribution in [3.8, 4) is 0 Å². The molecule has 1 fully saturated rings. The van der Waals surface area contributed by atoms with Gasteiger partial charge in [0.25, 0.3) is 5.91 Å². The van der Waals surface area contributed by atoms with E-state index in [0.29, 0.717) is 5.56 Å². The predicted octanol–water partition coefficient (Wildman–Crippen LogP) is 2.64. The highest BCUT2D eigenvalue weighted by molar-refractivity contribution is 7.99. The Hall–Kier alpha value is -1.53. The Bertz CT molecular complexity index is 541. The van der Waals surface area contributed by atoms with Crippen LogP contribution in [0.3, 0.4) is 0 Å². The summed E-state index contributed by atoms with van der Waals surface area (Å²) in [5.74, 6) is 0.0511. The van der Waals surface area contributed by atoms with Crippen molar-refractivity contribution in [3.63, 3.8) is 0 Å². The zero-order valence-corrected chi connectivity index (χ0v) is 14.4. The maximum atomic E-state index is 12.2. The van der Waals surface area contributed by atoms with Crippen LogP contribution in [0.2, 0.25) is 0 Å². The number of benzene rings is 1. The minimum Gasteiger partial charge on any atom is -0.452 e. The fourth-order valence-electron chi connectivity index (χ4n) is 2.29. The Morgan fingerprint density at radius 1 is 1.39 bits per heavy atom. The van der Waals surface area contributed by atoms with Crippen LogP contribution in [-0.4, -0.2) is 43.0 Å². The first-order valence-electron chi connectivity index (χ1n) is 7.86. The maximum absolute atomic E-state index is 12.2. The summed E-state index contributed by atoms with van der Waals surface area (Å²) >= 11 is 1.59. The Balaban J connectivity index is 1.90.